The van der Waals surface area contributed by atoms with Crippen LogP contribution in [0.25, 0.3) is 0 Å². The van der Waals surface area contributed by atoms with Gasteiger partial charge in [0.2, 0.25) is 11.8 Å². The maximum atomic E-state index is 13.4. The van der Waals surface area contributed by atoms with Gasteiger partial charge in [-0.25, -0.2) is 0 Å². The molecule has 0 bridgehead atoms. The number of fused-ring (bicyclic) bond motifs is 4. The number of halogens is 3. The highest BCUT2D eigenvalue weighted by atomic mass is 79.9. The van der Waals surface area contributed by atoms with E-state index in [2.05, 4.69) is 21.2 Å². The minimum atomic E-state index is -1.85. The van der Waals surface area contributed by atoms with Gasteiger partial charge in [0.05, 0.1) is 17.3 Å². The molecule has 10 heteroatoms. The minimum Gasteiger partial charge on any atom is -0.508 e. The molecule has 2 heterocycles. The first-order valence-corrected chi connectivity index (χ1v) is 11.7. The van der Waals surface area contributed by atoms with Gasteiger partial charge in [-0.05, 0) is 36.5 Å². The molecule has 1 aromatic rings. The van der Waals surface area contributed by atoms with E-state index in [4.69, 9.17) is 23.2 Å². The molecule has 4 amide bonds. The van der Waals surface area contributed by atoms with Crippen molar-refractivity contribution >= 4 is 62.8 Å². The molecule has 2 aliphatic carbocycles. The summed E-state index contributed by atoms with van der Waals surface area (Å²) < 4.78 is 0. The maximum absolute atomic E-state index is 13.4. The van der Waals surface area contributed by atoms with Crippen molar-refractivity contribution in [3.05, 3.63) is 41.5 Å². The summed E-state index contributed by atoms with van der Waals surface area (Å²) in [5, 5.41) is 12.5. The lowest BCUT2D eigenvalue weighted by Crippen LogP contribution is -2.60. The summed E-state index contributed by atoms with van der Waals surface area (Å²) in [6.45, 7) is 0. The quantitative estimate of drug-likeness (QED) is 0.266. The topological polar surface area (TPSA) is 104 Å². The van der Waals surface area contributed by atoms with E-state index in [1.54, 1.807) is 12.1 Å². The Morgan fingerprint density at radius 1 is 1.13 bits per heavy atom. The van der Waals surface area contributed by atoms with Gasteiger partial charge < -0.3 is 5.11 Å². The molecule has 7 nitrogen and oxygen atoms in total. The first kappa shape index (κ1) is 21.0. The summed E-state index contributed by atoms with van der Waals surface area (Å²) in [7, 11) is 0. The van der Waals surface area contributed by atoms with E-state index in [0.717, 1.165) is 4.90 Å². The van der Waals surface area contributed by atoms with E-state index in [1.807, 2.05) is 6.08 Å². The van der Waals surface area contributed by atoms with Crippen molar-refractivity contribution in [2.45, 2.75) is 28.5 Å². The molecular formula is C21H17BrCl2N2O5. The number of hydrogen-bond donors (Lipinski definition) is 2. The van der Waals surface area contributed by atoms with Crippen molar-refractivity contribution in [2.24, 2.45) is 17.8 Å². The Kier molecular flexibility index (Phi) is 4.60. The third-order valence-electron chi connectivity index (χ3n) is 7.06. The molecule has 6 unspecified atom stereocenters. The fourth-order valence-corrected chi connectivity index (χ4v) is 7.17. The average Bonchev–Trinajstić information content (AvgIpc) is 3.09. The van der Waals surface area contributed by atoms with E-state index in [1.165, 1.54) is 12.1 Å². The third kappa shape index (κ3) is 2.52. The number of likely N-dealkylation sites (tertiary alicyclic amines) is 1. The number of carbonyl (C=O) groups is 4. The van der Waals surface area contributed by atoms with E-state index >= 15 is 0 Å². The molecule has 0 radical (unpaired) electrons. The highest BCUT2D eigenvalue weighted by Crippen LogP contribution is 2.65. The lowest BCUT2D eigenvalue weighted by Gasteiger charge is -2.50. The molecule has 4 aliphatic rings. The number of allylic oxidation sites excluding steroid dienone is 2. The van der Waals surface area contributed by atoms with E-state index in [0.29, 0.717) is 17.6 Å². The van der Waals surface area contributed by atoms with Gasteiger partial charge in [-0.3, -0.25) is 29.4 Å². The van der Waals surface area contributed by atoms with Crippen molar-refractivity contribution < 1.29 is 24.3 Å². The van der Waals surface area contributed by atoms with Gasteiger partial charge >= 0.3 is 0 Å². The predicted molar refractivity (Wildman–Crippen MR) is 115 cm³/mol. The Labute approximate surface area is 195 Å². The Morgan fingerprint density at radius 3 is 2.55 bits per heavy atom. The van der Waals surface area contributed by atoms with Gasteiger partial charge in [0, 0.05) is 5.92 Å². The number of phenols is 1. The van der Waals surface area contributed by atoms with Crippen molar-refractivity contribution in [3.63, 3.8) is 0 Å². The van der Waals surface area contributed by atoms with E-state index in [9.17, 15) is 24.3 Å². The smallest absolute Gasteiger partial charge is 0.254 e. The van der Waals surface area contributed by atoms with E-state index < -0.39 is 51.1 Å². The van der Waals surface area contributed by atoms with Crippen LogP contribution in [0.1, 0.15) is 24.3 Å². The van der Waals surface area contributed by atoms with Crippen LogP contribution in [-0.2, 0) is 19.2 Å². The molecule has 0 spiro atoms. The summed E-state index contributed by atoms with van der Waals surface area (Å²) in [5.74, 6) is -4.69. The Morgan fingerprint density at radius 2 is 1.87 bits per heavy atom. The van der Waals surface area contributed by atoms with Crippen molar-refractivity contribution in [3.8, 4) is 5.75 Å². The van der Waals surface area contributed by atoms with Crippen LogP contribution < -0.4 is 5.32 Å². The van der Waals surface area contributed by atoms with Crippen LogP contribution in [0.4, 0.5) is 0 Å². The Bertz CT molecular complexity index is 1090. The number of phenolic OH excluding ortho intramolecular Hbond substituents is 1. The van der Waals surface area contributed by atoms with Gasteiger partial charge in [-0.2, -0.15) is 0 Å². The number of imide groups is 2. The summed E-state index contributed by atoms with van der Waals surface area (Å²) in [5.41, 5.74) is 1.13. The minimum absolute atomic E-state index is 0.0303. The van der Waals surface area contributed by atoms with Crippen LogP contribution >= 0.6 is 39.1 Å². The van der Waals surface area contributed by atoms with Gasteiger partial charge in [-0.15, -0.1) is 23.2 Å². The number of amides is 4. The second-order valence-corrected chi connectivity index (χ2v) is 10.2. The molecule has 2 aliphatic heterocycles. The SMILES string of the molecule is O=C1NC(=O)C2C1CC=C1C2CC2(Cl)C(=O)N(CBr)C(=O)C2(Cl)C1c1cccc(O)c1. The molecule has 1 aromatic carbocycles. The highest BCUT2D eigenvalue weighted by Gasteiger charge is 2.76. The number of rotatable bonds is 2. The van der Waals surface area contributed by atoms with Crippen LogP contribution in [0, 0.1) is 17.8 Å². The molecule has 5 rings (SSSR count). The van der Waals surface area contributed by atoms with Crippen LogP contribution in [0.5, 0.6) is 5.75 Å². The average molecular weight is 528 g/mol. The number of benzene rings is 1. The van der Waals surface area contributed by atoms with Gasteiger partial charge in [0.15, 0.2) is 9.75 Å². The maximum Gasteiger partial charge on any atom is 0.254 e. The summed E-state index contributed by atoms with van der Waals surface area (Å²) in [6, 6.07) is 6.29. The van der Waals surface area contributed by atoms with Crippen molar-refractivity contribution in [1.29, 1.82) is 0 Å². The summed E-state index contributed by atoms with van der Waals surface area (Å²) in [6.07, 6.45) is 2.11. The zero-order valence-electron chi connectivity index (χ0n) is 16.0. The van der Waals surface area contributed by atoms with Crippen LogP contribution in [-0.4, -0.2) is 48.8 Å². The lowest BCUT2D eigenvalue weighted by molar-refractivity contribution is -0.138. The summed E-state index contributed by atoms with van der Waals surface area (Å²) >= 11 is 17.2. The fourth-order valence-electron chi connectivity index (χ4n) is 5.74. The number of hydrogen-bond acceptors (Lipinski definition) is 5. The molecule has 162 valence electrons. The second-order valence-electron chi connectivity index (χ2n) is 8.44. The largest absolute Gasteiger partial charge is 0.508 e. The normalized spacial score (nSPS) is 39.1. The summed E-state index contributed by atoms with van der Waals surface area (Å²) in [4.78, 5) is 49.0. The number of nitrogens with zero attached hydrogens (tertiary/aromatic N) is 1. The molecule has 2 saturated heterocycles. The lowest BCUT2D eigenvalue weighted by atomic mass is 9.56. The molecule has 0 aromatic heterocycles. The molecule has 6 atom stereocenters. The zero-order valence-corrected chi connectivity index (χ0v) is 19.1. The first-order chi connectivity index (χ1) is 14.6. The zero-order chi connectivity index (χ0) is 22.3. The molecule has 31 heavy (non-hydrogen) atoms. The number of carbonyl (C=O) groups excluding carboxylic acids is 4. The molecule has 2 N–H and O–H groups in total. The first-order valence-electron chi connectivity index (χ1n) is 9.79. The molecule has 1 saturated carbocycles. The third-order valence-corrected chi connectivity index (χ3v) is 8.98. The Balaban J connectivity index is 1.76. The van der Waals surface area contributed by atoms with Crippen molar-refractivity contribution in [2.75, 3.05) is 5.45 Å². The van der Waals surface area contributed by atoms with Gasteiger partial charge in [-0.1, -0.05) is 39.7 Å². The standard InChI is InChI=1S/C21H17BrCl2N2O5/c22-8-26-18(30)20(23)7-13-11(4-5-12-14(13)17(29)25-16(12)28)15(21(20,24)19(26)31)9-2-1-3-10(27)6-9/h1-4,6,12-15,27H,5,7-8H2,(H,25,28,29). The van der Waals surface area contributed by atoms with E-state index in [-0.39, 0.29) is 23.5 Å². The van der Waals surface area contributed by atoms with Crippen molar-refractivity contribution in [1.82, 2.24) is 10.2 Å². The fraction of sp³-hybridized carbons (Fsp3) is 0.429. The highest BCUT2D eigenvalue weighted by molar-refractivity contribution is 9.09. The monoisotopic (exact) mass is 526 g/mol. The van der Waals surface area contributed by atoms with Crippen LogP contribution in [0.15, 0.2) is 35.9 Å². The number of aromatic hydroxyl groups is 1. The molecular weight excluding hydrogens is 511 g/mol. The van der Waals surface area contributed by atoms with Crippen LogP contribution in [0.3, 0.4) is 0 Å². The van der Waals surface area contributed by atoms with Gasteiger partial charge in [0.1, 0.15) is 5.75 Å². The predicted octanol–water partition coefficient (Wildman–Crippen LogP) is 2.39. The second kappa shape index (κ2) is 6.80. The van der Waals surface area contributed by atoms with Crippen LogP contribution in [0.2, 0.25) is 0 Å². The molecule has 3 fully saturated rings. The number of alkyl halides is 3. The number of nitrogens with one attached hydrogen (secondary N) is 1. The Hall–Kier alpha value is -1.90. The van der Waals surface area contributed by atoms with Gasteiger partial charge in [0.25, 0.3) is 11.8 Å².